The number of para-hydroxylation sites is 4. The summed E-state index contributed by atoms with van der Waals surface area (Å²) in [5, 5.41) is 6.09. The highest BCUT2D eigenvalue weighted by Gasteiger charge is 2.15. The standard InChI is InChI=1S/C44H28N4/c1-5-13-41-34(9-1)35-10-2-6-14-42(35)47(41)32-21-17-29(18-22-32)31-25-38(39-27-45-28-46-40(39)26-31)30-19-23-33(24-20-30)48-43-15-7-3-11-36(43)37-12-4-8-16-44(37)48/h1-28H. The Morgan fingerprint density at radius 1 is 0.375 bits per heavy atom. The normalized spacial score (nSPS) is 11.8. The van der Waals surface area contributed by atoms with Crippen molar-refractivity contribution in [2.75, 3.05) is 0 Å². The molecule has 10 rings (SSSR count). The largest absolute Gasteiger partial charge is 0.309 e. The summed E-state index contributed by atoms with van der Waals surface area (Å²) in [4.78, 5) is 9.09. The maximum Gasteiger partial charge on any atom is 0.116 e. The average molecular weight is 613 g/mol. The fraction of sp³-hybridized carbons (Fsp3) is 0. The fourth-order valence-corrected chi connectivity index (χ4v) is 7.48. The van der Waals surface area contributed by atoms with Gasteiger partial charge < -0.3 is 9.13 Å². The van der Waals surface area contributed by atoms with Crippen molar-refractivity contribution in [1.82, 2.24) is 19.1 Å². The second kappa shape index (κ2) is 10.5. The third-order valence-corrected chi connectivity index (χ3v) is 9.68. The highest BCUT2D eigenvalue weighted by Crippen LogP contribution is 2.37. The molecule has 10 aromatic rings. The Morgan fingerprint density at radius 3 is 1.29 bits per heavy atom. The van der Waals surface area contributed by atoms with Crippen LogP contribution in [0.3, 0.4) is 0 Å². The lowest BCUT2D eigenvalue weighted by Gasteiger charge is -2.13. The van der Waals surface area contributed by atoms with E-state index < -0.39 is 0 Å². The molecule has 0 spiro atoms. The number of aromatic nitrogens is 4. The summed E-state index contributed by atoms with van der Waals surface area (Å²) < 4.78 is 4.71. The molecule has 0 unspecified atom stereocenters. The molecule has 4 nitrogen and oxygen atoms in total. The number of rotatable bonds is 4. The van der Waals surface area contributed by atoms with Gasteiger partial charge in [0.1, 0.15) is 6.33 Å². The summed E-state index contributed by atoms with van der Waals surface area (Å²) in [6.45, 7) is 0. The van der Waals surface area contributed by atoms with Crippen LogP contribution in [0.5, 0.6) is 0 Å². The summed E-state index contributed by atoms with van der Waals surface area (Å²) in [6, 6.07) is 56.7. The highest BCUT2D eigenvalue weighted by atomic mass is 15.0. The van der Waals surface area contributed by atoms with Gasteiger partial charge in [0.05, 0.1) is 27.6 Å². The van der Waals surface area contributed by atoms with E-state index in [4.69, 9.17) is 0 Å². The van der Waals surface area contributed by atoms with Gasteiger partial charge in [-0.1, -0.05) is 97.1 Å². The van der Waals surface area contributed by atoms with Crippen LogP contribution in [0.4, 0.5) is 0 Å². The van der Waals surface area contributed by atoms with E-state index in [0.29, 0.717) is 0 Å². The molecule has 0 radical (unpaired) electrons. The lowest BCUT2D eigenvalue weighted by Crippen LogP contribution is -1.94. The van der Waals surface area contributed by atoms with E-state index >= 15 is 0 Å². The number of fused-ring (bicyclic) bond motifs is 7. The lowest BCUT2D eigenvalue weighted by molar-refractivity contribution is 1.18. The van der Waals surface area contributed by atoms with E-state index in [1.807, 2.05) is 6.20 Å². The molecule has 0 amide bonds. The second-order valence-corrected chi connectivity index (χ2v) is 12.3. The number of hydrogen-bond donors (Lipinski definition) is 0. The minimum Gasteiger partial charge on any atom is -0.309 e. The SMILES string of the molecule is c1ccc2c(c1)c1ccccc1n2-c1ccc(-c2cc(-c3ccc(-n4c5ccccc5c5ccccc54)cc3)c3cncnc3c2)cc1. The van der Waals surface area contributed by atoms with Gasteiger partial charge in [0.25, 0.3) is 0 Å². The summed E-state index contributed by atoms with van der Waals surface area (Å²) in [5.74, 6) is 0. The minimum absolute atomic E-state index is 0.926. The fourth-order valence-electron chi connectivity index (χ4n) is 7.48. The highest BCUT2D eigenvalue weighted by molar-refractivity contribution is 6.10. The Balaban J connectivity index is 1.07. The van der Waals surface area contributed by atoms with Gasteiger partial charge in [0, 0.05) is 44.5 Å². The molecule has 0 aliphatic rings. The molecule has 0 aliphatic carbocycles. The van der Waals surface area contributed by atoms with E-state index in [2.05, 4.69) is 177 Å². The Bertz CT molecular complexity index is 2710. The molecule has 224 valence electrons. The third-order valence-electron chi connectivity index (χ3n) is 9.68. The maximum absolute atomic E-state index is 4.69. The lowest BCUT2D eigenvalue weighted by atomic mass is 9.95. The van der Waals surface area contributed by atoms with Gasteiger partial charge in [0.15, 0.2) is 0 Å². The van der Waals surface area contributed by atoms with Crippen LogP contribution < -0.4 is 0 Å². The first-order valence-electron chi connectivity index (χ1n) is 16.2. The van der Waals surface area contributed by atoms with Gasteiger partial charge in [0.2, 0.25) is 0 Å². The zero-order valence-corrected chi connectivity index (χ0v) is 26.0. The van der Waals surface area contributed by atoms with Gasteiger partial charge in [-0.15, -0.1) is 0 Å². The van der Waals surface area contributed by atoms with Crippen molar-refractivity contribution < 1.29 is 0 Å². The molecule has 0 N–H and O–H groups in total. The molecule has 4 heteroatoms. The van der Waals surface area contributed by atoms with Gasteiger partial charge in [-0.25, -0.2) is 9.97 Å². The molecule has 0 saturated heterocycles. The average Bonchev–Trinajstić information content (AvgIpc) is 3.68. The van der Waals surface area contributed by atoms with Gasteiger partial charge >= 0.3 is 0 Å². The molecule has 0 aliphatic heterocycles. The van der Waals surface area contributed by atoms with Crippen molar-refractivity contribution in [3.63, 3.8) is 0 Å². The van der Waals surface area contributed by atoms with Crippen LogP contribution in [0.15, 0.2) is 170 Å². The summed E-state index contributed by atoms with van der Waals surface area (Å²) in [6.07, 6.45) is 3.56. The molecule has 7 aromatic carbocycles. The van der Waals surface area contributed by atoms with E-state index in [-0.39, 0.29) is 0 Å². The van der Waals surface area contributed by atoms with Crippen molar-refractivity contribution in [3.05, 3.63) is 170 Å². The molecule has 0 bridgehead atoms. The predicted octanol–water partition coefficient (Wildman–Crippen LogP) is 11.2. The first-order valence-corrected chi connectivity index (χ1v) is 16.2. The molecule has 0 fully saturated rings. The van der Waals surface area contributed by atoms with Gasteiger partial charge in [-0.3, -0.25) is 0 Å². The van der Waals surface area contributed by atoms with E-state index in [0.717, 1.165) is 44.5 Å². The first-order chi connectivity index (χ1) is 23.8. The monoisotopic (exact) mass is 612 g/mol. The molecule has 0 atom stereocenters. The maximum atomic E-state index is 4.69. The van der Waals surface area contributed by atoms with E-state index in [1.54, 1.807) is 6.33 Å². The summed E-state index contributed by atoms with van der Waals surface area (Å²) >= 11 is 0. The van der Waals surface area contributed by atoms with Crippen LogP contribution in [0, 0.1) is 0 Å². The predicted molar refractivity (Wildman–Crippen MR) is 199 cm³/mol. The number of benzene rings is 7. The first kappa shape index (κ1) is 26.7. The molecule has 48 heavy (non-hydrogen) atoms. The molecule has 3 heterocycles. The van der Waals surface area contributed by atoms with Crippen LogP contribution in [0.1, 0.15) is 0 Å². The second-order valence-electron chi connectivity index (χ2n) is 12.3. The molecular formula is C44H28N4. The topological polar surface area (TPSA) is 35.6 Å². The van der Waals surface area contributed by atoms with Crippen LogP contribution in [-0.4, -0.2) is 19.1 Å². The Hall–Kier alpha value is -6.52. The zero-order valence-electron chi connectivity index (χ0n) is 26.0. The van der Waals surface area contributed by atoms with E-state index in [1.165, 1.54) is 43.6 Å². The minimum atomic E-state index is 0.926. The Morgan fingerprint density at radius 2 is 0.812 bits per heavy atom. The Labute approximate surface area is 276 Å². The molecule has 0 saturated carbocycles. The molecular weight excluding hydrogens is 585 g/mol. The van der Waals surface area contributed by atoms with Crippen LogP contribution in [-0.2, 0) is 0 Å². The van der Waals surface area contributed by atoms with Crippen molar-refractivity contribution in [3.8, 4) is 33.6 Å². The van der Waals surface area contributed by atoms with Crippen molar-refractivity contribution >= 4 is 54.5 Å². The summed E-state index contributed by atoms with van der Waals surface area (Å²) in [7, 11) is 0. The number of hydrogen-bond acceptors (Lipinski definition) is 2. The van der Waals surface area contributed by atoms with Gasteiger partial charge in [-0.05, 0) is 82.9 Å². The smallest absolute Gasteiger partial charge is 0.116 e. The molecule has 3 aromatic heterocycles. The zero-order chi connectivity index (χ0) is 31.6. The van der Waals surface area contributed by atoms with E-state index in [9.17, 15) is 0 Å². The quantitative estimate of drug-likeness (QED) is 0.198. The van der Waals surface area contributed by atoms with Crippen molar-refractivity contribution in [2.24, 2.45) is 0 Å². The summed E-state index contributed by atoms with van der Waals surface area (Å²) in [5.41, 5.74) is 12.5. The number of nitrogens with zero attached hydrogens (tertiary/aromatic N) is 4. The van der Waals surface area contributed by atoms with Crippen molar-refractivity contribution in [2.45, 2.75) is 0 Å². The van der Waals surface area contributed by atoms with Crippen LogP contribution >= 0.6 is 0 Å². The third kappa shape index (κ3) is 4.03. The Kier molecular flexibility index (Phi) is 5.84. The van der Waals surface area contributed by atoms with Crippen LogP contribution in [0.25, 0.3) is 88.1 Å². The van der Waals surface area contributed by atoms with Crippen molar-refractivity contribution in [1.29, 1.82) is 0 Å². The van der Waals surface area contributed by atoms with Gasteiger partial charge in [-0.2, -0.15) is 0 Å². The van der Waals surface area contributed by atoms with Crippen LogP contribution in [0.2, 0.25) is 0 Å².